The van der Waals surface area contributed by atoms with Gasteiger partial charge in [-0.15, -0.1) is 0 Å². The first kappa shape index (κ1) is 14.1. The lowest BCUT2D eigenvalue weighted by Crippen LogP contribution is -2.54. The number of nitrogens with zero attached hydrogens (tertiary/aromatic N) is 3. The molecular weight excluding hydrogens is 268 g/mol. The van der Waals surface area contributed by atoms with E-state index < -0.39 is 0 Å². The quantitative estimate of drug-likeness (QED) is 0.881. The zero-order valence-electron chi connectivity index (χ0n) is 12.8. The van der Waals surface area contributed by atoms with Crippen LogP contribution in [0.5, 0.6) is 0 Å². The van der Waals surface area contributed by atoms with Gasteiger partial charge in [0.2, 0.25) is 11.8 Å². The second kappa shape index (κ2) is 4.86. The number of aromatic nitrogens is 2. The molecule has 1 atom stereocenters. The van der Waals surface area contributed by atoms with Crippen LogP contribution in [0.4, 0.5) is 0 Å². The van der Waals surface area contributed by atoms with Crippen LogP contribution in [0.1, 0.15) is 50.3 Å². The van der Waals surface area contributed by atoms with Crippen molar-refractivity contribution in [2.24, 2.45) is 7.05 Å². The van der Waals surface area contributed by atoms with Crippen LogP contribution >= 0.6 is 0 Å². The van der Waals surface area contributed by atoms with Crippen LogP contribution in [-0.4, -0.2) is 38.6 Å². The van der Waals surface area contributed by atoms with Gasteiger partial charge in [0, 0.05) is 44.4 Å². The number of amides is 2. The minimum absolute atomic E-state index is 0.00263. The third-order valence-electron chi connectivity index (χ3n) is 4.68. The highest BCUT2D eigenvalue weighted by Crippen LogP contribution is 2.33. The molecular formula is C15H22N4O2. The summed E-state index contributed by atoms with van der Waals surface area (Å²) in [7, 11) is 1.85. The molecule has 3 rings (SSSR count). The summed E-state index contributed by atoms with van der Waals surface area (Å²) in [5, 5.41) is 7.59. The second-order valence-corrected chi connectivity index (χ2v) is 6.57. The lowest BCUT2D eigenvalue weighted by molar-refractivity contribution is -0.132. The maximum absolute atomic E-state index is 12.6. The molecule has 21 heavy (non-hydrogen) atoms. The van der Waals surface area contributed by atoms with E-state index >= 15 is 0 Å². The van der Waals surface area contributed by atoms with E-state index in [1.807, 2.05) is 13.2 Å². The zero-order chi connectivity index (χ0) is 15.2. The summed E-state index contributed by atoms with van der Waals surface area (Å²) in [6.07, 6.45) is 5.11. The highest BCUT2D eigenvalue weighted by atomic mass is 16.2. The molecule has 114 valence electrons. The fourth-order valence-corrected chi connectivity index (χ4v) is 3.21. The van der Waals surface area contributed by atoms with Crippen LogP contribution in [0.2, 0.25) is 0 Å². The van der Waals surface area contributed by atoms with Crippen LogP contribution in [-0.2, 0) is 23.2 Å². The van der Waals surface area contributed by atoms with Gasteiger partial charge >= 0.3 is 0 Å². The van der Waals surface area contributed by atoms with Crippen molar-refractivity contribution in [3.8, 4) is 0 Å². The second-order valence-electron chi connectivity index (χ2n) is 6.57. The molecule has 1 aliphatic carbocycles. The van der Waals surface area contributed by atoms with Gasteiger partial charge in [0.1, 0.15) is 0 Å². The van der Waals surface area contributed by atoms with Crippen molar-refractivity contribution in [3.05, 3.63) is 17.5 Å². The van der Waals surface area contributed by atoms with E-state index in [9.17, 15) is 9.59 Å². The third-order valence-corrected chi connectivity index (χ3v) is 4.68. The van der Waals surface area contributed by atoms with Gasteiger partial charge in [-0.1, -0.05) is 0 Å². The maximum Gasteiger partial charge on any atom is 0.231 e. The number of rotatable bonds is 2. The molecule has 1 saturated carbocycles. The van der Waals surface area contributed by atoms with Crippen LogP contribution in [0, 0.1) is 0 Å². The minimum atomic E-state index is -0.365. The predicted octanol–water partition coefficient (Wildman–Crippen LogP) is 0.925. The summed E-state index contributed by atoms with van der Waals surface area (Å²) in [5.74, 6) is -0.378. The molecule has 0 spiro atoms. The number of hydrogen-bond acceptors (Lipinski definition) is 3. The van der Waals surface area contributed by atoms with E-state index in [0.29, 0.717) is 13.1 Å². The summed E-state index contributed by atoms with van der Waals surface area (Å²) >= 11 is 0. The normalized spacial score (nSPS) is 23.2. The molecule has 0 saturated heterocycles. The first-order chi connectivity index (χ1) is 9.88. The molecule has 1 fully saturated rings. The van der Waals surface area contributed by atoms with Crippen LogP contribution in [0.25, 0.3) is 0 Å². The first-order valence-corrected chi connectivity index (χ1v) is 7.48. The smallest absolute Gasteiger partial charge is 0.231 e. The fourth-order valence-electron chi connectivity index (χ4n) is 3.21. The Bertz CT molecular complexity index is 588. The van der Waals surface area contributed by atoms with Crippen molar-refractivity contribution < 1.29 is 9.59 Å². The molecule has 2 heterocycles. The standard InChI is InChI=1S/C15H22N4O2/c1-10(20)19-8-11-7-18(3)17-13(11)12(9-19)14(21)16-15(2)5-4-6-15/h7,12H,4-6,8-9H2,1-3H3,(H,16,21). The molecule has 1 N–H and O–H groups in total. The van der Waals surface area contributed by atoms with Crippen molar-refractivity contribution >= 4 is 11.8 Å². The lowest BCUT2D eigenvalue weighted by atomic mass is 9.78. The summed E-state index contributed by atoms with van der Waals surface area (Å²) in [4.78, 5) is 26.1. The highest BCUT2D eigenvalue weighted by Gasteiger charge is 2.39. The van der Waals surface area contributed by atoms with Crippen molar-refractivity contribution in [2.75, 3.05) is 6.54 Å². The Morgan fingerprint density at radius 2 is 2.14 bits per heavy atom. The SMILES string of the molecule is CC(=O)N1Cc2cn(C)nc2C(C(=O)NC2(C)CCC2)C1. The van der Waals surface area contributed by atoms with Gasteiger partial charge in [0.25, 0.3) is 0 Å². The van der Waals surface area contributed by atoms with Gasteiger partial charge in [0.15, 0.2) is 0 Å². The number of hydrogen-bond donors (Lipinski definition) is 1. The average molecular weight is 290 g/mol. The maximum atomic E-state index is 12.6. The first-order valence-electron chi connectivity index (χ1n) is 7.48. The zero-order valence-corrected chi connectivity index (χ0v) is 12.8. The molecule has 6 nitrogen and oxygen atoms in total. The number of nitrogens with one attached hydrogen (secondary N) is 1. The molecule has 0 bridgehead atoms. The summed E-state index contributed by atoms with van der Waals surface area (Å²) in [6, 6.07) is 0. The third kappa shape index (κ3) is 2.54. The average Bonchev–Trinajstić information content (AvgIpc) is 2.75. The molecule has 1 aliphatic heterocycles. The summed E-state index contributed by atoms with van der Waals surface area (Å²) in [5.41, 5.74) is 1.71. The number of aryl methyl sites for hydroxylation is 1. The van der Waals surface area contributed by atoms with E-state index in [1.165, 1.54) is 0 Å². The summed E-state index contributed by atoms with van der Waals surface area (Å²) < 4.78 is 1.72. The molecule has 1 aromatic rings. The van der Waals surface area contributed by atoms with Crippen molar-refractivity contribution in [1.29, 1.82) is 0 Å². The topological polar surface area (TPSA) is 67.2 Å². The summed E-state index contributed by atoms with van der Waals surface area (Å²) in [6.45, 7) is 4.59. The van der Waals surface area contributed by atoms with Crippen molar-refractivity contribution in [3.63, 3.8) is 0 Å². The molecule has 1 unspecified atom stereocenters. The van der Waals surface area contributed by atoms with Crippen LogP contribution < -0.4 is 5.32 Å². The molecule has 2 amide bonds. The Morgan fingerprint density at radius 1 is 1.43 bits per heavy atom. The Kier molecular flexibility index (Phi) is 3.26. The van der Waals surface area contributed by atoms with E-state index in [-0.39, 0.29) is 23.3 Å². The van der Waals surface area contributed by atoms with E-state index in [1.54, 1.807) is 16.5 Å². The van der Waals surface area contributed by atoms with Gasteiger partial charge in [-0.3, -0.25) is 14.3 Å². The van der Waals surface area contributed by atoms with Gasteiger partial charge in [-0.2, -0.15) is 5.10 Å². The van der Waals surface area contributed by atoms with E-state index in [4.69, 9.17) is 0 Å². The van der Waals surface area contributed by atoms with Gasteiger partial charge in [0.05, 0.1) is 11.6 Å². The molecule has 2 aliphatic rings. The highest BCUT2D eigenvalue weighted by molar-refractivity contribution is 5.86. The van der Waals surface area contributed by atoms with Crippen molar-refractivity contribution in [2.45, 2.75) is 51.1 Å². The largest absolute Gasteiger partial charge is 0.350 e. The fraction of sp³-hybridized carbons (Fsp3) is 0.667. The van der Waals surface area contributed by atoms with Crippen molar-refractivity contribution in [1.82, 2.24) is 20.0 Å². The molecule has 1 aromatic heterocycles. The monoisotopic (exact) mass is 290 g/mol. The van der Waals surface area contributed by atoms with Crippen LogP contribution in [0.3, 0.4) is 0 Å². The Morgan fingerprint density at radius 3 is 2.71 bits per heavy atom. The Hall–Kier alpha value is -1.85. The Balaban J connectivity index is 1.85. The van der Waals surface area contributed by atoms with Gasteiger partial charge < -0.3 is 10.2 Å². The minimum Gasteiger partial charge on any atom is -0.350 e. The number of carbonyl (C=O) groups excluding carboxylic acids is 2. The molecule has 6 heteroatoms. The van der Waals surface area contributed by atoms with Gasteiger partial charge in [-0.25, -0.2) is 0 Å². The number of carbonyl (C=O) groups is 2. The lowest BCUT2D eigenvalue weighted by Gasteiger charge is -2.41. The Labute approximate surface area is 124 Å². The van der Waals surface area contributed by atoms with E-state index in [0.717, 1.165) is 30.5 Å². The predicted molar refractivity (Wildman–Crippen MR) is 77.4 cm³/mol. The number of fused-ring (bicyclic) bond motifs is 1. The van der Waals surface area contributed by atoms with Gasteiger partial charge in [-0.05, 0) is 26.2 Å². The van der Waals surface area contributed by atoms with Crippen LogP contribution in [0.15, 0.2) is 6.20 Å². The van der Waals surface area contributed by atoms with E-state index in [2.05, 4.69) is 17.3 Å². The molecule has 0 aromatic carbocycles. The molecule has 0 radical (unpaired) electrons.